The number of piperidine rings is 1. The lowest BCUT2D eigenvalue weighted by atomic mass is 9.84. The third kappa shape index (κ3) is 5.35. The molecule has 0 radical (unpaired) electrons. The average Bonchev–Trinajstić information content (AvgIpc) is 2.54. The van der Waals surface area contributed by atoms with Crippen LogP contribution in [0.4, 0.5) is 4.79 Å². The molecule has 2 rings (SSSR count). The van der Waals surface area contributed by atoms with E-state index in [0.717, 1.165) is 0 Å². The molecule has 0 spiro atoms. The molecule has 2 atom stereocenters. The predicted molar refractivity (Wildman–Crippen MR) is 105 cm³/mol. The fraction of sp³-hybridized carbons (Fsp3) is 0.650. The van der Waals surface area contributed by atoms with Crippen molar-refractivity contribution >= 4 is 23.7 Å². The summed E-state index contributed by atoms with van der Waals surface area (Å²) in [6, 6.07) is 4.90. The smallest absolute Gasteiger partial charge is 0.410 e. The second-order valence-electron chi connectivity index (χ2n) is 9.09. The number of hydrogen-bond acceptors (Lipinski definition) is 6. The summed E-state index contributed by atoms with van der Waals surface area (Å²) in [7, 11) is 0. The molecule has 2 heterocycles. The van der Waals surface area contributed by atoms with Gasteiger partial charge in [0.15, 0.2) is 6.10 Å². The second kappa shape index (κ2) is 7.87. The van der Waals surface area contributed by atoms with Crippen LogP contribution in [0.25, 0.3) is 0 Å². The summed E-state index contributed by atoms with van der Waals surface area (Å²) in [5.74, 6) is -0.482. The van der Waals surface area contributed by atoms with E-state index in [1.54, 1.807) is 59.7 Å². The number of hydrogen-bond donors (Lipinski definition) is 1. The molecule has 0 aromatic carbocycles. The number of carbonyl (C=O) groups is 2. The molecule has 1 N–H and O–H groups in total. The Hall–Kier alpha value is -1.86. The first-order valence-electron chi connectivity index (χ1n) is 9.27. The lowest BCUT2D eigenvalue weighted by molar-refractivity contribution is -0.186. The predicted octanol–water partition coefficient (Wildman–Crippen LogP) is 3.52. The fourth-order valence-corrected chi connectivity index (χ4v) is 2.95. The zero-order chi connectivity index (χ0) is 21.3. The van der Waals surface area contributed by atoms with Crippen LogP contribution in [0.2, 0.25) is 5.15 Å². The number of pyridine rings is 1. The number of halogens is 1. The summed E-state index contributed by atoms with van der Waals surface area (Å²) in [6.07, 6.45) is -1.40. The first kappa shape index (κ1) is 22.4. The maximum absolute atomic E-state index is 12.5. The van der Waals surface area contributed by atoms with Crippen molar-refractivity contribution in [2.45, 2.75) is 65.3 Å². The Morgan fingerprint density at radius 2 is 1.89 bits per heavy atom. The summed E-state index contributed by atoms with van der Waals surface area (Å²) < 4.78 is 11.1. The monoisotopic (exact) mass is 412 g/mol. The van der Waals surface area contributed by atoms with Crippen molar-refractivity contribution in [2.75, 3.05) is 13.1 Å². The molecule has 0 unspecified atom stereocenters. The lowest BCUT2D eigenvalue weighted by Gasteiger charge is -2.44. The molecule has 1 aliphatic rings. The van der Waals surface area contributed by atoms with Crippen molar-refractivity contribution in [3.05, 3.63) is 29.0 Å². The van der Waals surface area contributed by atoms with Gasteiger partial charge in [-0.1, -0.05) is 17.7 Å². The maximum atomic E-state index is 12.5. The van der Waals surface area contributed by atoms with Crippen molar-refractivity contribution in [3.8, 4) is 0 Å². The van der Waals surface area contributed by atoms with E-state index in [0.29, 0.717) is 5.69 Å². The van der Waals surface area contributed by atoms with Crippen molar-refractivity contribution in [1.29, 1.82) is 0 Å². The number of rotatable bonds is 2. The molecular weight excluding hydrogens is 384 g/mol. The molecule has 7 nitrogen and oxygen atoms in total. The highest BCUT2D eigenvalue weighted by atomic mass is 35.5. The topological polar surface area (TPSA) is 89.0 Å². The standard InChI is InChI=1S/C20H29ClN2O5/c1-18(2,3)16(24)27-14-12-23(17(25)28-19(4,5)6)11-10-20(14,26)13-8-7-9-15(21)22-13/h7-9,14,26H,10-12H2,1-6H3/t14-,20-/m0/s1. The minimum atomic E-state index is -1.57. The van der Waals surface area contributed by atoms with E-state index in [-0.39, 0.29) is 24.7 Å². The quantitative estimate of drug-likeness (QED) is 0.590. The minimum absolute atomic E-state index is 0.0125. The van der Waals surface area contributed by atoms with Gasteiger partial charge in [0.25, 0.3) is 0 Å². The van der Waals surface area contributed by atoms with Gasteiger partial charge in [-0.15, -0.1) is 0 Å². The summed E-state index contributed by atoms with van der Waals surface area (Å²) in [5, 5.41) is 11.6. The summed E-state index contributed by atoms with van der Waals surface area (Å²) in [6.45, 7) is 10.7. The van der Waals surface area contributed by atoms with E-state index in [2.05, 4.69) is 4.98 Å². The van der Waals surface area contributed by atoms with Crippen LogP contribution in [0, 0.1) is 5.41 Å². The zero-order valence-corrected chi connectivity index (χ0v) is 18.0. The van der Waals surface area contributed by atoms with Gasteiger partial charge in [0.2, 0.25) is 0 Å². The summed E-state index contributed by atoms with van der Waals surface area (Å²) in [4.78, 5) is 30.6. The maximum Gasteiger partial charge on any atom is 0.410 e. The number of aromatic nitrogens is 1. The third-order valence-electron chi connectivity index (χ3n) is 4.35. The Kier molecular flexibility index (Phi) is 6.31. The molecule has 156 valence electrons. The van der Waals surface area contributed by atoms with Crippen molar-refractivity contribution in [2.24, 2.45) is 5.41 Å². The second-order valence-corrected chi connectivity index (χ2v) is 9.48. The van der Waals surface area contributed by atoms with Gasteiger partial charge in [-0.05, 0) is 53.7 Å². The number of nitrogens with zero attached hydrogens (tertiary/aromatic N) is 2. The number of carbonyl (C=O) groups excluding carboxylic acids is 2. The number of amides is 1. The molecule has 0 saturated carbocycles. The number of likely N-dealkylation sites (tertiary alicyclic amines) is 1. The van der Waals surface area contributed by atoms with Crippen LogP contribution in [0.3, 0.4) is 0 Å². The van der Waals surface area contributed by atoms with E-state index in [1.807, 2.05) is 0 Å². The SMILES string of the molecule is CC(C)(C)OC(=O)N1CC[C@](O)(c2cccc(Cl)n2)[C@@H](OC(=O)C(C)(C)C)C1. The van der Waals surface area contributed by atoms with Crippen LogP contribution >= 0.6 is 11.6 Å². The molecule has 1 fully saturated rings. The van der Waals surface area contributed by atoms with Gasteiger partial charge < -0.3 is 19.5 Å². The first-order valence-corrected chi connectivity index (χ1v) is 9.64. The van der Waals surface area contributed by atoms with E-state index in [1.165, 1.54) is 4.90 Å². The highest BCUT2D eigenvalue weighted by Crippen LogP contribution is 2.36. The highest BCUT2D eigenvalue weighted by Gasteiger charge is 2.49. The number of ether oxygens (including phenoxy) is 2. The van der Waals surface area contributed by atoms with Crippen LogP contribution in [0.5, 0.6) is 0 Å². The van der Waals surface area contributed by atoms with Crippen molar-refractivity contribution < 1.29 is 24.2 Å². The van der Waals surface area contributed by atoms with Crippen molar-refractivity contribution in [1.82, 2.24) is 9.88 Å². The van der Waals surface area contributed by atoms with Crippen LogP contribution in [-0.4, -0.2) is 51.8 Å². The Morgan fingerprint density at radius 3 is 2.43 bits per heavy atom. The first-order chi connectivity index (χ1) is 12.7. The summed E-state index contributed by atoms with van der Waals surface area (Å²) >= 11 is 5.99. The van der Waals surface area contributed by atoms with E-state index >= 15 is 0 Å². The molecule has 1 amide bonds. The van der Waals surface area contributed by atoms with Gasteiger partial charge in [-0.3, -0.25) is 4.79 Å². The summed E-state index contributed by atoms with van der Waals surface area (Å²) in [5.41, 5.74) is -2.69. The van der Waals surface area contributed by atoms with Crippen LogP contribution in [0.1, 0.15) is 53.7 Å². The van der Waals surface area contributed by atoms with Gasteiger partial charge in [0, 0.05) is 13.0 Å². The van der Waals surface area contributed by atoms with Gasteiger partial charge in [0.05, 0.1) is 17.7 Å². The molecule has 1 saturated heterocycles. The number of aliphatic hydroxyl groups is 1. The largest absolute Gasteiger partial charge is 0.457 e. The van der Waals surface area contributed by atoms with Crippen molar-refractivity contribution in [3.63, 3.8) is 0 Å². The molecule has 0 bridgehead atoms. The zero-order valence-electron chi connectivity index (χ0n) is 17.3. The molecular formula is C20H29ClN2O5. The fourth-order valence-electron chi connectivity index (χ4n) is 2.78. The Bertz CT molecular complexity index is 741. The van der Waals surface area contributed by atoms with E-state index in [9.17, 15) is 14.7 Å². The Balaban J connectivity index is 2.33. The minimum Gasteiger partial charge on any atom is -0.457 e. The molecule has 8 heteroatoms. The van der Waals surface area contributed by atoms with Gasteiger partial charge in [-0.25, -0.2) is 9.78 Å². The van der Waals surface area contributed by atoms with E-state index < -0.39 is 34.8 Å². The molecule has 28 heavy (non-hydrogen) atoms. The van der Waals surface area contributed by atoms with Gasteiger partial charge >= 0.3 is 12.1 Å². The lowest BCUT2D eigenvalue weighted by Crippen LogP contribution is -2.58. The molecule has 1 aromatic rings. The Morgan fingerprint density at radius 1 is 1.25 bits per heavy atom. The van der Waals surface area contributed by atoms with Crippen LogP contribution < -0.4 is 0 Å². The van der Waals surface area contributed by atoms with Crippen LogP contribution in [-0.2, 0) is 19.9 Å². The Labute approximate surface area is 171 Å². The van der Waals surface area contributed by atoms with Gasteiger partial charge in [-0.2, -0.15) is 0 Å². The third-order valence-corrected chi connectivity index (χ3v) is 4.56. The van der Waals surface area contributed by atoms with Crippen LogP contribution in [0.15, 0.2) is 18.2 Å². The molecule has 0 aliphatic carbocycles. The molecule has 1 aliphatic heterocycles. The average molecular weight is 413 g/mol. The number of esters is 1. The van der Waals surface area contributed by atoms with Gasteiger partial charge in [0.1, 0.15) is 16.4 Å². The normalized spacial score (nSPS) is 23.3. The highest BCUT2D eigenvalue weighted by molar-refractivity contribution is 6.29. The van der Waals surface area contributed by atoms with E-state index in [4.69, 9.17) is 21.1 Å². The molecule has 1 aromatic heterocycles.